The Labute approximate surface area is 327 Å². The average molecular weight is 845 g/mol. The van der Waals surface area contributed by atoms with Crippen molar-refractivity contribution in [2.45, 2.75) is 35.9 Å². The number of benzene rings is 3. The first-order valence-corrected chi connectivity index (χ1v) is 19.3. The number of hydrazone groups is 1. The second-order valence-electron chi connectivity index (χ2n) is 12.1. The van der Waals surface area contributed by atoms with Crippen LogP contribution in [0.15, 0.2) is 99.0 Å². The van der Waals surface area contributed by atoms with E-state index in [0.717, 1.165) is 30.3 Å². The molecule has 3 heterocycles. The van der Waals surface area contributed by atoms with Gasteiger partial charge in [0.25, 0.3) is 25.9 Å². The van der Waals surface area contributed by atoms with E-state index in [1.807, 2.05) is 36.4 Å². The summed E-state index contributed by atoms with van der Waals surface area (Å²) in [6.45, 7) is 0.0243. The van der Waals surface area contributed by atoms with Gasteiger partial charge in [-0.15, -0.1) is 0 Å². The number of aromatic nitrogens is 2. The smallest absolute Gasteiger partial charge is 0.301 e. The van der Waals surface area contributed by atoms with Gasteiger partial charge >= 0.3 is 5.69 Å². The maximum Gasteiger partial charge on any atom is 0.301 e. The number of aliphatic hydroxyl groups is 3. The van der Waals surface area contributed by atoms with Crippen molar-refractivity contribution in [2.24, 2.45) is 10.1 Å². The quantitative estimate of drug-likeness (QED) is 0.0760. The van der Waals surface area contributed by atoms with Gasteiger partial charge in [0.1, 0.15) is 40.5 Å². The number of carbonyl (C=O) groups excluding carboxylic acids is 1. The molecule has 25 heteroatoms. The summed E-state index contributed by atoms with van der Waals surface area (Å²) in [6, 6.07) is 17.0. The predicted octanol–water partition coefficient (Wildman–Crippen LogP) is 2.34. The summed E-state index contributed by atoms with van der Waals surface area (Å²) >= 11 is 0. The lowest BCUT2D eigenvalue weighted by Crippen LogP contribution is -2.27. The molecule has 7 N–H and O–H groups in total. The topological polar surface area (TPSA) is 349 Å². The van der Waals surface area contributed by atoms with Crippen molar-refractivity contribution in [3.63, 3.8) is 0 Å². The molecule has 3 aromatic carbocycles. The molecule has 306 valence electrons. The molecule has 0 unspecified atom stereocenters. The summed E-state index contributed by atoms with van der Waals surface area (Å²) in [5.41, 5.74) is -0.718. The van der Waals surface area contributed by atoms with E-state index in [4.69, 9.17) is 14.4 Å². The molecule has 0 saturated carbocycles. The van der Waals surface area contributed by atoms with Crippen LogP contribution in [0.5, 0.6) is 0 Å². The number of rotatable bonds is 8. The van der Waals surface area contributed by atoms with Gasteiger partial charge in [0, 0.05) is 18.1 Å². The third kappa shape index (κ3) is 9.97. The first-order chi connectivity index (χ1) is 27.4. The number of nitro benzene ring substituents is 2. The molecule has 0 radical (unpaired) electrons. The summed E-state index contributed by atoms with van der Waals surface area (Å²) < 4.78 is 72.2. The Morgan fingerprint density at radius 1 is 0.966 bits per heavy atom. The van der Waals surface area contributed by atoms with Gasteiger partial charge in [-0.2, -0.15) is 21.9 Å². The van der Waals surface area contributed by atoms with Crippen LogP contribution in [-0.2, 0) is 25.0 Å². The molecular weight excluding hydrogens is 813 g/mol. The maximum absolute atomic E-state index is 12.8. The van der Waals surface area contributed by atoms with Gasteiger partial charge in [0.15, 0.2) is 5.71 Å². The molecule has 3 aliphatic rings. The highest BCUT2D eigenvalue weighted by molar-refractivity contribution is 7.91. The first kappa shape index (κ1) is 42.8. The first-order valence-electron chi connectivity index (χ1n) is 16.5. The molecule has 23 nitrogen and oxygen atoms in total. The van der Waals surface area contributed by atoms with Crippen molar-refractivity contribution in [1.82, 2.24) is 9.55 Å². The lowest BCUT2D eigenvalue weighted by Gasteiger charge is -2.16. The summed E-state index contributed by atoms with van der Waals surface area (Å²) in [7, 11) is -9.81. The van der Waals surface area contributed by atoms with Crippen molar-refractivity contribution < 1.29 is 60.6 Å². The van der Waals surface area contributed by atoms with Crippen LogP contribution in [0.2, 0.25) is 0 Å². The van der Waals surface area contributed by atoms with Gasteiger partial charge in [0.05, 0.1) is 52.7 Å². The summed E-state index contributed by atoms with van der Waals surface area (Å²) in [6.07, 6.45) is 1.65. The van der Waals surface area contributed by atoms with E-state index in [1.54, 1.807) is 10.9 Å². The van der Waals surface area contributed by atoms with Gasteiger partial charge in [0.2, 0.25) is 5.78 Å². The fourth-order valence-corrected chi connectivity index (χ4v) is 6.72. The number of ketones is 1. The number of ether oxygens (including phenoxy) is 1. The monoisotopic (exact) mass is 844 g/mol. The molecule has 58 heavy (non-hydrogen) atoms. The van der Waals surface area contributed by atoms with Crippen LogP contribution >= 0.6 is 0 Å². The Bertz CT molecular complexity index is 2500. The molecule has 0 bridgehead atoms. The number of anilines is 2. The minimum atomic E-state index is -5.11. The molecule has 1 saturated heterocycles. The Kier molecular flexibility index (Phi) is 13.2. The fraction of sp³-hybridized carbons (Fsp3) is 0.212. The minimum Gasteiger partial charge on any atom is -0.394 e. The largest absolute Gasteiger partial charge is 0.394 e. The van der Waals surface area contributed by atoms with Crippen molar-refractivity contribution >= 4 is 67.0 Å². The van der Waals surface area contributed by atoms with Gasteiger partial charge in [-0.1, -0.05) is 36.4 Å². The molecule has 1 aromatic heterocycles. The Morgan fingerprint density at radius 3 is 2.21 bits per heavy atom. The van der Waals surface area contributed by atoms with Crippen LogP contribution in [0.25, 0.3) is 6.08 Å². The number of allylic oxidation sites excluding steroid dienone is 1. The summed E-state index contributed by atoms with van der Waals surface area (Å²) in [5.74, 6) is -0.511. The highest BCUT2D eigenvalue weighted by atomic mass is 32.2. The third-order valence-electron chi connectivity index (χ3n) is 8.33. The molecule has 4 atom stereocenters. The van der Waals surface area contributed by atoms with Crippen LogP contribution in [-0.4, -0.2) is 104 Å². The van der Waals surface area contributed by atoms with E-state index in [0.29, 0.717) is 30.1 Å². The van der Waals surface area contributed by atoms with E-state index in [-0.39, 0.29) is 24.3 Å². The van der Waals surface area contributed by atoms with E-state index in [2.05, 4.69) is 25.8 Å². The lowest BCUT2D eigenvalue weighted by atomic mass is 9.95. The second-order valence-corrected chi connectivity index (χ2v) is 14.9. The summed E-state index contributed by atoms with van der Waals surface area (Å²) in [4.78, 5) is 39.4. The number of aliphatic imine (C=N–C) groups is 1. The number of aliphatic hydroxyl groups excluding tert-OH is 3. The molecule has 7 rings (SSSR count). The van der Waals surface area contributed by atoms with E-state index >= 15 is 0 Å². The van der Waals surface area contributed by atoms with Crippen molar-refractivity contribution in [3.05, 3.63) is 121 Å². The second kappa shape index (κ2) is 17.9. The van der Waals surface area contributed by atoms with Gasteiger partial charge in [-0.3, -0.25) is 49.1 Å². The van der Waals surface area contributed by atoms with Crippen LogP contribution in [0.3, 0.4) is 0 Å². The zero-order valence-corrected chi connectivity index (χ0v) is 31.0. The molecule has 1 fully saturated rings. The molecule has 2 aliphatic heterocycles. The number of nitro groups is 2. The molecule has 0 amide bonds. The van der Waals surface area contributed by atoms with Crippen molar-refractivity contribution in [3.8, 4) is 0 Å². The number of carbonyl (C=O) groups is 1. The number of non-ortho nitro benzene ring substituents is 1. The molecule has 4 aromatic rings. The minimum absolute atomic E-state index is 0.230. The third-order valence-corrected chi connectivity index (χ3v) is 10.0. The molecule has 1 aliphatic carbocycles. The highest BCUT2D eigenvalue weighted by Crippen LogP contribution is 2.35. The van der Waals surface area contributed by atoms with Gasteiger partial charge in [-0.25, -0.2) is 4.98 Å². The van der Waals surface area contributed by atoms with E-state index in [9.17, 15) is 56.6 Å². The zero-order valence-electron chi connectivity index (χ0n) is 29.4. The van der Waals surface area contributed by atoms with E-state index in [1.165, 1.54) is 6.34 Å². The number of imidazole rings is 1. The molecular formula is C33H32N8O15S2. The Morgan fingerprint density at radius 2 is 1.64 bits per heavy atom. The number of hydrogen-bond acceptors (Lipinski definition) is 18. The number of fused-ring (bicyclic) bond motifs is 2. The van der Waals surface area contributed by atoms with Crippen molar-refractivity contribution in [1.29, 1.82) is 0 Å². The van der Waals surface area contributed by atoms with Crippen LogP contribution in [0, 0.1) is 20.2 Å². The van der Waals surface area contributed by atoms with E-state index < -0.39 is 93.0 Å². The van der Waals surface area contributed by atoms with Gasteiger partial charge in [-0.05, 0) is 35.9 Å². The van der Waals surface area contributed by atoms with Crippen LogP contribution in [0.1, 0.15) is 40.4 Å². The normalized spacial score (nSPS) is 20.5. The number of hydrogen-bond donors (Lipinski definition) is 7. The SMILES string of the molecule is O=C1/C(=N\Nc2ccc([N+](=O)[O-])cc2[N+](=O)[O-])C(S(=O)(=O)O)=Cc2cc(S(=O)(=O)O)ccc21.OC[C@H]1O[C@@H](n2cnc3c2NC=NC[C@H]3O)C[C@@H]1O.c1ccccc1. The van der Waals surface area contributed by atoms with Crippen LogP contribution in [0.4, 0.5) is 22.9 Å². The molecule has 0 spiro atoms. The highest BCUT2D eigenvalue weighted by Gasteiger charge is 2.37. The van der Waals surface area contributed by atoms with Gasteiger partial charge < -0.3 is 25.4 Å². The zero-order chi connectivity index (χ0) is 42.4. The Balaban J connectivity index is 0.000000212. The van der Waals surface area contributed by atoms with Crippen LogP contribution < -0.4 is 10.7 Å². The lowest BCUT2D eigenvalue weighted by molar-refractivity contribution is -0.393. The summed E-state index contributed by atoms with van der Waals surface area (Å²) in [5, 5.41) is 57.3. The number of Topliss-reactive ketones (excluding diaryl/α,β-unsaturated/α-hetero) is 1. The predicted molar refractivity (Wildman–Crippen MR) is 203 cm³/mol. The maximum atomic E-state index is 12.8. The average Bonchev–Trinajstić information content (AvgIpc) is 3.73. The number of nitrogens with zero attached hydrogens (tertiary/aromatic N) is 6. The fourth-order valence-electron chi connectivity index (χ4n) is 5.54. The number of nitrogens with one attached hydrogen (secondary N) is 2. The Hall–Kier alpha value is -6.32. The van der Waals surface area contributed by atoms with Crippen molar-refractivity contribution in [2.75, 3.05) is 23.9 Å². The standard InChI is InChI=1S/C16H10N4O11S2.C11H16N4O4.C6H6/c21-16-11-3-2-10(32(26,27)28)5-8(11)6-14(33(29,30)31)15(16)18-17-12-4-1-9(19(22)23)7-13(12)20(24)25;16-3-8-6(17)1-9(19-8)15-5-14-10-7(18)2-12-4-13-11(10)15;1-2-4-6-5-3-1/h1-7,17H,(H,26,27,28)(H,29,30,31);4-9,16-18H,1-3H2,(H,12,13);1-6H/b18-15-;;/t;6-,7+,8+,9+;/m.0./s1.